The van der Waals surface area contributed by atoms with Crippen LogP contribution in [0.1, 0.15) is 25.7 Å². The third-order valence-corrected chi connectivity index (χ3v) is 4.52. The van der Waals surface area contributed by atoms with Crippen LogP contribution in [0, 0.1) is 13.8 Å². The van der Waals surface area contributed by atoms with Crippen molar-refractivity contribution in [1.82, 2.24) is 0 Å². The van der Waals surface area contributed by atoms with Crippen molar-refractivity contribution in [2.45, 2.75) is 13.8 Å². The molecule has 0 bridgehead atoms. The zero-order valence-corrected chi connectivity index (χ0v) is 12.0. The molecule has 0 aliphatic rings. The maximum atomic E-state index is 12.4. The van der Waals surface area contributed by atoms with Gasteiger partial charge in [0.1, 0.15) is 0 Å². The quantitative estimate of drug-likeness (QED) is 0.674. The summed E-state index contributed by atoms with van der Waals surface area (Å²) in [6, 6.07) is 7.48. The first kappa shape index (κ1) is 12.3. The maximum absolute atomic E-state index is 12.4. The van der Waals surface area contributed by atoms with Crippen LogP contribution >= 0.6 is 27.3 Å². The largest absolute Gasteiger partial charge is 0.398 e. The molecule has 0 amide bonds. The van der Waals surface area contributed by atoms with Crippen LogP contribution in [0.5, 0.6) is 0 Å². The van der Waals surface area contributed by atoms with Gasteiger partial charge in [0.25, 0.3) is 0 Å². The van der Waals surface area contributed by atoms with Crippen molar-refractivity contribution in [3.05, 3.63) is 49.6 Å². The standard InChI is InChI=1S/C13H12BrNOS/c1-7-4-3-5-9(11(7)15)12(16)13-10(14)6-8(2)17-13/h3-6H,15H2,1-2H3. The lowest BCUT2D eigenvalue weighted by molar-refractivity contribution is 0.104. The van der Waals surface area contributed by atoms with Gasteiger partial charge < -0.3 is 5.73 Å². The van der Waals surface area contributed by atoms with Crippen molar-refractivity contribution in [3.63, 3.8) is 0 Å². The molecule has 4 heteroatoms. The molecule has 2 nitrogen and oxygen atoms in total. The van der Waals surface area contributed by atoms with E-state index in [1.165, 1.54) is 11.3 Å². The summed E-state index contributed by atoms with van der Waals surface area (Å²) in [7, 11) is 0. The van der Waals surface area contributed by atoms with Gasteiger partial charge in [-0.25, -0.2) is 0 Å². The number of carbonyl (C=O) groups is 1. The van der Waals surface area contributed by atoms with E-state index in [0.29, 0.717) is 16.1 Å². The van der Waals surface area contributed by atoms with Crippen molar-refractivity contribution in [2.75, 3.05) is 5.73 Å². The number of anilines is 1. The molecule has 2 rings (SSSR count). The first-order valence-corrected chi connectivity index (χ1v) is 6.77. The molecule has 0 spiro atoms. The zero-order valence-electron chi connectivity index (χ0n) is 9.58. The first-order chi connectivity index (χ1) is 8.00. The number of rotatable bonds is 2. The minimum absolute atomic E-state index is 0.0174. The molecule has 0 aliphatic heterocycles. The molecule has 0 unspecified atom stereocenters. The highest BCUT2D eigenvalue weighted by molar-refractivity contribution is 9.10. The number of thiophene rings is 1. The van der Waals surface area contributed by atoms with E-state index in [0.717, 1.165) is 14.9 Å². The molecule has 0 radical (unpaired) electrons. The van der Waals surface area contributed by atoms with E-state index in [2.05, 4.69) is 15.9 Å². The highest BCUT2D eigenvalue weighted by Crippen LogP contribution is 2.30. The predicted molar refractivity (Wildman–Crippen MR) is 75.8 cm³/mol. The maximum Gasteiger partial charge on any atom is 0.206 e. The van der Waals surface area contributed by atoms with E-state index in [1.807, 2.05) is 32.0 Å². The van der Waals surface area contributed by atoms with Crippen molar-refractivity contribution >= 4 is 38.7 Å². The van der Waals surface area contributed by atoms with Crippen molar-refractivity contribution in [2.24, 2.45) is 0 Å². The number of aryl methyl sites for hydroxylation is 2. The van der Waals surface area contributed by atoms with E-state index in [-0.39, 0.29) is 5.78 Å². The monoisotopic (exact) mass is 309 g/mol. The van der Waals surface area contributed by atoms with Gasteiger partial charge in [0.05, 0.1) is 4.88 Å². The lowest BCUT2D eigenvalue weighted by Gasteiger charge is -2.06. The number of nitrogen functional groups attached to an aromatic ring is 1. The molecule has 17 heavy (non-hydrogen) atoms. The Bertz CT molecular complexity index is 589. The van der Waals surface area contributed by atoms with Crippen LogP contribution in [0.25, 0.3) is 0 Å². The molecule has 0 aliphatic carbocycles. The van der Waals surface area contributed by atoms with Crippen molar-refractivity contribution in [1.29, 1.82) is 0 Å². The molecule has 2 aromatic rings. The third-order valence-electron chi connectivity index (χ3n) is 2.58. The molecule has 2 N–H and O–H groups in total. The summed E-state index contributed by atoms with van der Waals surface area (Å²) < 4.78 is 0.839. The number of benzene rings is 1. The average Bonchev–Trinajstić information content (AvgIpc) is 2.61. The molecule has 1 aromatic carbocycles. The molecule has 0 fully saturated rings. The van der Waals surface area contributed by atoms with Gasteiger partial charge in [-0.2, -0.15) is 0 Å². The average molecular weight is 310 g/mol. The number of carbonyl (C=O) groups excluding carboxylic acids is 1. The van der Waals surface area contributed by atoms with Crippen LogP contribution < -0.4 is 5.73 Å². The number of ketones is 1. The number of hydrogen-bond donors (Lipinski definition) is 1. The van der Waals surface area contributed by atoms with Gasteiger partial charge in [-0.3, -0.25) is 4.79 Å². The molecule has 88 valence electrons. The van der Waals surface area contributed by atoms with E-state index < -0.39 is 0 Å². The Labute approximate surface area is 113 Å². The minimum Gasteiger partial charge on any atom is -0.398 e. The lowest BCUT2D eigenvalue weighted by atomic mass is 10.0. The van der Waals surface area contributed by atoms with Gasteiger partial charge in [0, 0.05) is 20.6 Å². The summed E-state index contributed by atoms with van der Waals surface area (Å²) >= 11 is 4.89. The fourth-order valence-corrected chi connectivity index (χ4v) is 3.41. The number of nitrogens with two attached hydrogens (primary N) is 1. The fraction of sp³-hybridized carbons (Fsp3) is 0.154. The number of halogens is 1. The Morgan fingerprint density at radius 3 is 2.65 bits per heavy atom. The van der Waals surface area contributed by atoms with Gasteiger partial charge in [0.15, 0.2) is 0 Å². The molecular formula is C13H12BrNOS. The summed E-state index contributed by atoms with van der Waals surface area (Å²) in [6.07, 6.45) is 0. The van der Waals surface area contributed by atoms with E-state index in [1.54, 1.807) is 6.07 Å². The zero-order chi connectivity index (χ0) is 12.6. The number of para-hydroxylation sites is 1. The van der Waals surface area contributed by atoms with Crippen molar-refractivity contribution in [3.8, 4) is 0 Å². The van der Waals surface area contributed by atoms with Crippen LogP contribution in [0.2, 0.25) is 0 Å². The van der Waals surface area contributed by atoms with Crippen LogP contribution in [-0.4, -0.2) is 5.78 Å². The highest BCUT2D eigenvalue weighted by Gasteiger charge is 2.18. The summed E-state index contributed by atoms with van der Waals surface area (Å²) in [5, 5.41) is 0. The third kappa shape index (κ3) is 2.28. The summed E-state index contributed by atoms with van der Waals surface area (Å²) in [5.41, 5.74) is 8.02. The Morgan fingerprint density at radius 2 is 2.06 bits per heavy atom. The first-order valence-electron chi connectivity index (χ1n) is 5.16. The predicted octanol–water partition coefficient (Wildman–Crippen LogP) is 3.94. The molecule has 0 saturated carbocycles. The van der Waals surface area contributed by atoms with Crippen LogP contribution in [-0.2, 0) is 0 Å². The second-order valence-electron chi connectivity index (χ2n) is 3.90. The highest BCUT2D eigenvalue weighted by atomic mass is 79.9. The van der Waals surface area contributed by atoms with E-state index >= 15 is 0 Å². The van der Waals surface area contributed by atoms with Crippen LogP contribution in [0.15, 0.2) is 28.7 Å². The summed E-state index contributed by atoms with van der Waals surface area (Å²) in [4.78, 5) is 14.2. The molecule has 0 saturated heterocycles. The molecule has 1 aromatic heterocycles. The SMILES string of the molecule is Cc1cc(Br)c(C(=O)c2cccc(C)c2N)s1. The van der Waals surface area contributed by atoms with Crippen molar-refractivity contribution < 1.29 is 4.79 Å². The fourth-order valence-electron chi connectivity index (χ4n) is 1.64. The van der Waals surface area contributed by atoms with Gasteiger partial charge in [-0.05, 0) is 47.5 Å². The Morgan fingerprint density at radius 1 is 1.35 bits per heavy atom. The van der Waals surface area contributed by atoms with Gasteiger partial charge in [-0.1, -0.05) is 12.1 Å². The smallest absolute Gasteiger partial charge is 0.206 e. The lowest BCUT2D eigenvalue weighted by Crippen LogP contribution is -2.05. The Balaban J connectivity index is 2.51. The summed E-state index contributed by atoms with van der Waals surface area (Å²) in [5.74, 6) is -0.0174. The molecule has 0 atom stereocenters. The second kappa shape index (κ2) is 4.63. The van der Waals surface area contributed by atoms with Gasteiger partial charge in [-0.15, -0.1) is 11.3 Å². The van der Waals surface area contributed by atoms with Gasteiger partial charge in [0.2, 0.25) is 5.78 Å². The Hall–Kier alpha value is -1.13. The summed E-state index contributed by atoms with van der Waals surface area (Å²) in [6.45, 7) is 3.88. The minimum atomic E-state index is -0.0174. The van der Waals surface area contributed by atoms with E-state index in [4.69, 9.17) is 5.73 Å². The number of hydrogen-bond acceptors (Lipinski definition) is 3. The molecule has 1 heterocycles. The van der Waals surface area contributed by atoms with Gasteiger partial charge >= 0.3 is 0 Å². The van der Waals surface area contributed by atoms with Crippen LogP contribution in [0.4, 0.5) is 5.69 Å². The topological polar surface area (TPSA) is 43.1 Å². The van der Waals surface area contributed by atoms with E-state index in [9.17, 15) is 4.79 Å². The second-order valence-corrected chi connectivity index (χ2v) is 6.01. The molecular weight excluding hydrogens is 298 g/mol. The Kier molecular flexibility index (Phi) is 3.35. The van der Waals surface area contributed by atoms with Crippen LogP contribution in [0.3, 0.4) is 0 Å². The normalized spacial score (nSPS) is 10.5.